The normalized spacial score (nSPS) is 15.0. The van der Waals surface area contributed by atoms with E-state index in [0.717, 1.165) is 16.3 Å². The monoisotopic (exact) mass is 242 g/mol. The summed E-state index contributed by atoms with van der Waals surface area (Å²) in [5.74, 6) is 0. The van der Waals surface area contributed by atoms with Crippen LogP contribution in [0.5, 0.6) is 0 Å². The van der Waals surface area contributed by atoms with Crippen LogP contribution in [0.4, 0.5) is 0 Å². The van der Waals surface area contributed by atoms with Crippen molar-refractivity contribution in [3.05, 3.63) is 34.3 Å². The Hall–Kier alpha value is -0.670. The van der Waals surface area contributed by atoms with Crippen LogP contribution < -0.4 is 0 Å². The molecule has 1 atom stereocenters. The van der Waals surface area contributed by atoms with Gasteiger partial charge in [-0.15, -0.1) is 0 Å². The van der Waals surface area contributed by atoms with Crippen molar-refractivity contribution in [1.82, 2.24) is 0 Å². The van der Waals surface area contributed by atoms with Gasteiger partial charge in [0.25, 0.3) is 0 Å². The third-order valence-electron chi connectivity index (χ3n) is 1.93. The molecule has 0 radical (unpaired) electrons. The van der Waals surface area contributed by atoms with Crippen molar-refractivity contribution >= 4 is 22.2 Å². The summed E-state index contributed by atoms with van der Waals surface area (Å²) in [6, 6.07) is 7.32. The van der Waals surface area contributed by atoms with Gasteiger partial charge in [0, 0.05) is 10.9 Å². The highest BCUT2D eigenvalue weighted by atomic mass is 79.9. The Bertz CT molecular complexity index is 308. The van der Waals surface area contributed by atoms with Crippen molar-refractivity contribution in [3.8, 4) is 0 Å². The second kappa shape index (κ2) is 4.03. The minimum Gasteiger partial charge on any atom is -0.385 e. The van der Waals surface area contributed by atoms with Gasteiger partial charge in [0.2, 0.25) is 0 Å². The maximum atomic E-state index is 10.3. The van der Waals surface area contributed by atoms with Gasteiger partial charge >= 0.3 is 0 Å². The average molecular weight is 243 g/mol. The van der Waals surface area contributed by atoms with Crippen LogP contribution in [0.2, 0.25) is 0 Å². The van der Waals surface area contributed by atoms with Gasteiger partial charge < -0.3 is 9.90 Å². The summed E-state index contributed by atoms with van der Waals surface area (Å²) in [6.45, 7) is 1.63. The fraction of sp³-hybridized carbons (Fsp3) is 0.300. The average Bonchev–Trinajstić information content (AvgIpc) is 2.04. The van der Waals surface area contributed by atoms with E-state index >= 15 is 0 Å². The molecule has 0 saturated carbocycles. The number of aldehydes is 1. The number of rotatable bonds is 3. The molecule has 1 aromatic carbocycles. The Morgan fingerprint density at radius 2 is 2.31 bits per heavy atom. The molecular weight excluding hydrogens is 232 g/mol. The molecule has 0 saturated heterocycles. The summed E-state index contributed by atoms with van der Waals surface area (Å²) in [5, 5.41) is 9.86. The molecule has 1 N–H and O–H groups in total. The molecule has 13 heavy (non-hydrogen) atoms. The summed E-state index contributed by atoms with van der Waals surface area (Å²) in [4.78, 5) is 10.3. The van der Waals surface area contributed by atoms with Crippen molar-refractivity contribution in [2.45, 2.75) is 18.9 Å². The first-order chi connectivity index (χ1) is 6.06. The van der Waals surface area contributed by atoms with Crippen LogP contribution in [-0.4, -0.2) is 11.4 Å². The molecule has 0 spiro atoms. The quantitative estimate of drug-likeness (QED) is 0.826. The minimum atomic E-state index is -1.06. The number of benzene rings is 1. The lowest BCUT2D eigenvalue weighted by Gasteiger charge is -2.21. The van der Waals surface area contributed by atoms with Crippen molar-refractivity contribution in [1.29, 1.82) is 0 Å². The first kappa shape index (κ1) is 10.4. The number of carbonyl (C=O) groups is 1. The van der Waals surface area contributed by atoms with Gasteiger partial charge in [0.05, 0.1) is 5.60 Å². The molecule has 2 nitrogen and oxygen atoms in total. The number of halogens is 1. The number of hydrogen-bond donors (Lipinski definition) is 1. The zero-order valence-electron chi connectivity index (χ0n) is 7.33. The van der Waals surface area contributed by atoms with E-state index in [9.17, 15) is 9.90 Å². The van der Waals surface area contributed by atoms with E-state index in [0.29, 0.717) is 0 Å². The number of aliphatic hydroxyl groups is 1. The largest absolute Gasteiger partial charge is 0.385 e. The molecule has 0 aliphatic carbocycles. The van der Waals surface area contributed by atoms with Gasteiger partial charge in [0.1, 0.15) is 6.29 Å². The van der Waals surface area contributed by atoms with Crippen LogP contribution in [-0.2, 0) is 10.4 Å². The SMILES string of the molecule is CC(O)(CC=O)c1cccc(Br)c1. The van der Waals surface area contributed by atoms with Crippen molar-refractivity contribution in [3.63, 3.8) is 0 Å². The molecule has 3 heteroatoms. The van der Waals surface area contributed by atoms with E-state index in [1.54, 1.807) is 13.0 Å². The zero-order chi connectivity index (χ0) is 9.90. The molecule has 0 amide bonds. The molecule has 0 aromatic heterocycles. The molecule has 1 aromatic rings. The topological polar surface area (TPSA) is 37.3 Å². The van der Waals surface area contributed by atoms with Gasteiger partial charge in [-0.3, -0.25) is 0 Å². The number of carbonyl (C=O) groups excluding carboxylic acids is 1. The molecule has 70 valence electrons. The van der Waals surface area contributed by atoms with E-state index in [1.165, 1.54) is 0 Å². The van der Waals surface area contributed by atoms with Crippen LogP contribution in [0.1, 0.15) is 18.9 Å². The van der Waals surface area contributed by atoms with Crippen LogP contribution in [0.25, 0.3) is 0 Å². The lowest BCUT2D eigenvalue weighted by atomic mass is 9.93. The zero-order valence-corrected chi connectivity index (χ0v) is 8.91. The molecule has 0 bridgehead atoms. The Kier molecular flexibility index (Phi) is 3.22. The molecule has 0 aliphatic rings. The second-order valence-corrected chi connectivity index (χ2v) is 4.07. The van der Waals surface area contributed by atoms with E-state index in [1.807, 2.05) is 18.2 Å². The van der Waals surface area contributed by atoms with Gasteiger partial charge in [-0.1, -0.05) is 28.1 Å². The van der Waals surface area contributed by atoms with Gasteiger partial charge in [0.15, 0.2) is 0 Å². The first-order valence-corrected chi connectivity index (χ1v) is 4.77. The van der Waals surface area contributed by atoms with Crippen molar-refractivity contribution < 1.29 is 9.90 Å². The molecule has 0 heterocycles. The highest BCUT2D eigenvalue weighted by Gasteiger charge is 2.22. The van der Waals surface area contributed by atoms with E-state index < -0.39 is 5.60 Å². The molecule has 0 fully saturated rings. The van der Waals surface area contributed by atoms with Crippen LogP contribution >= 0.6 is 15.9 Å². The third kappa shape index (κ3) is 2.64. The van der Waals surface area contributed by atoms with Gasteiger partial charge in [-0.2, -0.15) is 0 Å². The highest BCUT2D eigenvalue weighted by Crippen LogP contribution is 2.25. The third-order valence-corrected chi connectivity index (χ3v) is 2.42. The Balaban J connectivity index is 2.99. The second-order valence-electron chi connectivity index (χ2n) is 3.15. The van der Waals surface area contributed by atoms with E-state index in [4.69, 9.17) is 0 Å². The van der Waals surface area contributed by atoms with Gasteiger partial charge in [-0.05, 0) is 24.6 Å². The molecular formula is C10H11BrO2. The van der Waals surface area contributed by atoms with E-state index in [-0.39, 0.29) is 6.42 Å². The van der Waals surface area contributed by atoms with Gasteiger partial charge in [-0.25, -0.2) is 0 Å². The molecule has 1 rings (SSSR count). The van der Waals surface area contributed by atoms with E-state index in [2.05, 4.69) is 15.9 Å². The Morgan fingerprint density at radius 1 is 1.62 bits per heavy atom. The Morgan fingerprint density at radius 3 is 2.85 bits per heavy atom. The lowest BCUT2D eigenvalue weighted by molar-refractivity contribution is -0.112. The summed E-state index contributed by atoms with van der Waals surface area (Å²) in [7, 11) is 0. The highest BCUT2D eigenvalue weighted by molar-refractivity contribution is 9.10. The maximum absolute atomic E-state index is 10.3. The standard InChI is InChI=1S/C10H11BrO2/c1-10(13,5-6-12)8-3-2-4-9(11)7-8/h2-4,6-7,13H,5H2,1H3. The van der Waals surface area contributed by atoms with Crippen molar-refractivity contribution in [2.24, 2.45) is 0 Å². The Labute approximate surface area is 85.7 Å². The maximum Gasteiger partial charge on any atom is 0.123 e. The fourth-order valence-corrected chi connectivity index (χ4v) is 1.50. The van der Waals surface area contributed by atoms with Crippen LogP contribution in [0.15, 0.2) is 28.7 Å². The van der Waals surface area contributed by atoms with Crippen LogP contribution in [0.3, 0.4) is 0 Å². The predicted octanol–water partition coefficient (Wildman–Crippen LogP) is 2.25. The smallest absolute Gasteiger partial charge is 0.123 e. The fourth-order valence-electron chi connectivity index (χ4n) is 1.10. The lowest BCUT2D eigenvalue weighted by Crippen LogP contribution is -2.21. The predicted molar refractivity (Wildman–Crippen MR) is 54.4 cm³/mol. The summed E-state index contributed by atoms with van der Waals surface area (Å²) in [5.41, 5.74) is -0.320. The first-order valence-electron chi connectivity index (χ1n) is 3.98. The molecule has 0 aliphatic heterocycles. The summed E-state index contributed by atoms with van der Waals surface area (Å²) >= 11 is 3.31. The number of hydrogen-bond acceptors (Lipinski definition) is 2. The van der Waals surface area contributed by atoms with Crippen LogP contribution in [0, 0.1) is 0 Å². The molecule has 1 unspecified atom stereocenters. The summed E-state index contributed by atoms with van der Waals surface area (Å²) in [6.07, 6.45) is 0.838. The van der Waals surface area contributed by atoms with Crippen molar-refractivity contribution in [2.75, 3.05) is 0 Å². The minimum absolute atomic E-state index is 0.115. The summed E-state index contributed by atoms with van der Waals surface area (Å²) < 4.78 is 0.899.